The Morgan fingerprint density at radius 1 is 1.39 bits per heavy atom. The predicted octanol–water partition coefficient (Wildman–Crippen LogP) is 1.69. The van der Waals surface area contributed by atoms with Gasteiger partial charge in [0.25, 0.3) is 0 Å². The van der Waals surface area contributed by atoms with Crippen molar-refractivity contribution in [3.63, 3.8) is 0 Å². The summed E-state index contributed by atoms with van der Waals surface area (Å²) in [6.45, 7) is 7.90. The van der Waals surface area contributed by atoms with Crippen LogP contribution in [0.4, 0.5) is 5.13 Å². The van der Waals surface area contributed by atoms with Crippen LogP contribution in [0.3, 0.4) is 0 Å². The molecule has 0 spiro atoms. The Labute approximate surface area is 113 Å². The zero-order chi connectivity index (χ0) is 12.5. The van der Waals surface area contributed by atoms with Crippen LogP contribution in [-0.4, -0.2) is 42.6 Å². The van der Waals surface area contributed by atoms with Crippen LogP contribution in [0.5, 0.6) is 0 Å². The zero-order valence-electron chi connectivity index (χ0n) is 11.0. The summed E-state index contributed by atoms with van der Waals surface area (Å²) in [5.41, 5.74) is 6.88. The number of thiazole rings is 1. The van der Waals surface area contributed by atoms with Crippen molar-refractivity contribution in [1.82, 2.24) is 9.88 Å². The van der Waals surface area contributed by atoms with E-state index in [9.17, 15) is 0 Å². The molecule has 2 aliphatic rings. The third kappa shape index (κ3) is 2.84. The van der Waals surface area contributed by atoms with Crippen LogP contribution in [0.2, 0.25) is 0 Å². The Morgan fingerprint density at radius 2 is 2.11 bits per heavy atom. The average molecular weight is 266 g/mol. The third-order valence-corrected chi connectivity index (χ3v) is 4.75. The van der Waals surface area contributed by atoms with Crippen LogP contribution in [-0.2, 0) is 0 Å². The lowest BCUT2D eigenvalue weighted by atomic mass is 10.3. The summed E-state index contributed by atoms with van der Waals surface area (Å²) in [6, 6.07) is 0.0474. The molecule has 1 aliphatic carbocycles. The summed E-state index contributed by atoms with van der Waals surface area (Å²) in [5.74, 6) is 1.00. The Bertz CT molecular complexity index is 391. The molecule has 1 unspecified atom stereocenters. The lowest BCUT2D eigenvalue weighted by Crippen LogP contribution is -2.47. The third-order valence-electron chi connectivity index (χ3n) is 3.83. The maximum Gasteiger partial charge on any atom is 0.185 e. The van der Waals surface area contributed by atoms with Gasteiger partial charge in [-0.25, -0.2) is 4.98 Å². The van der Waals surface area contributed by atoms with E-state index in [1.54, 1.807) is 11.3 Å². The Hall–Kier alpha value is -0.650. The number of piperazine rings is 1. The second-order valence-electron chi connectivity index (χ2n) is 5.57. The molecule has 0 bridgehead atoms. The molecule has 3 rings (SSSR count). The topological polar surface area (TPSA) is 45.4 Å². The van der Waals surface area contributed by atoms with Crippen molar-refractivity contribution in [2.75, 3.05) is 37.6 Å². The molecular weight excluding hydrogens is 244 g/mol. The molecule has 2 heterocycles. The molecule has 1 saturated heterocycles. The second kappa shape index (κ2) is 5.15. The SMILES string of the molecule is CC(N)c1csc(N2CCN(CC3CC3)CC2)n1. The smallest absolute Gasteiger partial charge is 0.185 e. The van der Waals surface area contributed by atoms with Crippen LogP contribution < -0.4 is 10.6 Å². The molecule has 5 heteroatoms. The van der Waals surface area contributed by atoms with E-state index < -0.39 is 0 Å². The van der Waals surface area contributed by atoms with Crippen LogP contribution >= 0.6 is 11.3 Å². The van der Waals surface area contributed by atoms with Gasteiger partial charge in [0.1, 0.15) is 0 Å². The van der Waals surface area contributed by atoms with Crippen molar-refractivity contribution in [3.8, 4) is 0 Å². The number of aromatic nitrogens is 1. The van der Waals surface area contributed by atoms with E-state index in [1.807, 2.05) is 6.92 Å². The molecule has 0 radical (unpaired) electrons. The van der Waals surface area contributed by atoms with E-state index in [2.05, 4.69) is 20.2 Å². The van der Waals surface area contributed by atoms with Crippen molar-refractivity contribution in [2.24, 2.45) is 11.7 Å². The minimum atomic E-state index is 0.0474. The van der Waals surface area contributed by atoms with Gasteiger partial charge in [-0.05, 0) is 25.7 Å². The number of rotatable bonds is 4. The molecule has 2 N–H and O–H groups in total. The minimum Gasteiger partial charge on any atom is -0.346 e. The number of anilines is 1. The fourth-order valence-electron chi connectivity index (χ4n) is 2.42. The van der Waals surface area contributed by atoms with Gasteiger partial charge in [0.2, 0.25) is 0 Å². The summed E-state index contributed by atoms with van der Waals surface area (Å²) in [4.78, 5) is 9.64. The molecule has 1 aromatic heterocycles. The first kappa shape index (κ1) is 12.4. The quantitative estimate of drug-likeness (QED) is 0.901. The molecule has 1 atom stereocenters. The summed E-state index contributed by atoms with van der Waals surface area (Å²) in [7, 11) is 0. The number of nitrogens with two attached hydrogens (primary N) is 1. The maximum absolute atomic E-state index is 5.86. The maximum atomic E-state index is 5.86. The van der Waals surface area contributed by atoms with Gasteiger partial charge in [0.05, 0.1) is 5.69 Å². The molecule has 100 valence electrons. The van der Waals surface area contributed by atoms with Crippen LogP contribution in [0.15, 0.2) is 5.38 Å². The highest BCUT2D eigenvalue weighted by atomic mass is 32.1. The van der Waals surface area contributed by atoms with E-state index >= 15 is 0 Å². The summed E-state index contributed by atoms with van der Waals surface area (Å²) < 4.78 is 0. The highest BCUT2D eigenvalue weighted by Crippen LogP contribution is 2.30. The fraction of sp³-hybridized carbons (Fsp3) is 0.769. The van der Waals surface area contributed by atoms with E-state index in [0.717, 1.165) is 29.8 Å². The minimum absolute atomic E-state index is 0.0474. The summed E-state index contributed by atoms with van der Waals surface area (Å²) in [6.07, 6.45) is 2.90. The fourth-order valence-corrected chi connectivity index (χ4v) is 3.40. The van der Waals surface area contributed by atoms with Gasteiger partial charge < -0.3 is 10.6 Å². The molecule has 0 aromatic carbocycles. The molecule has 2 fully saturated rings. The normalized spacial score (nSPS) is 23.3. The van der Waals surface area contributed by atoms with Crippen molar-refractivity contribution in [1.29, 1.82) is 0 Å². The largest absolute Gasteiger partial charge is 0.346 e. The first-order valence-corrected chi connectivity index (χ1v) is 7.78. The van der Waals surface area contributed by atoms with Crippen LogP contribution in [0.1, 0.15) is 31.5 Å². The van der Waals surface area contributed by atoms with E-state index in [-0.39, 0.29) is 6.04 Å². The van der Waals surface area contributed by atoms with E-state index in [1.165, 1.54) is 32.5 Å². The first-order valence-electron chi connectivity index (χ1n) is 6.90. The summed E-state index contributed by atoms with van der Waals surface area (Å²) in [5, 5.41) is 3.24. The van der Waals surface area contributed by atoms with Crippen molar-refractivity contribution in [3.05, 3.63) is 11.1 Å². The first-order chi connectivity index (χ1) is 8.72. The van der Waals surface area contributed by atoms with Gasteiger partial charge in [-0.3, -0.25) is 4.90 Å². The highest BCUT2D eigenvalue weighted by Gasteiger charge is 2.27. The van der Waals surface area contributed by atoms with Gasteiger partial charge in [-0.1, -0.05) is 0 Å². The standard InChI is InChI=1S/C13H22N4S/c1-10(14)12-9-18-13(15-12)17-6-4-16(5-7-17)8-11-2-3-11/h9-11H,2-8,14H2,1H3. The Morgan fingerprint density at radius 3 is 2.67 bits per heavy atom. The lowest BCUT2D eigenvalue weighted by Gasteiger charge is -2.34. The van der Waals surface area contributed by atoms with Gasteiger partial charge in [0.15, 0.2) is 5.13 Å². The zero-order valence-corrected chi connectivity index (χ0v) is 11.8. The number of hydrogen-bond acceptors (Lipinski definition) is 5. The molecule has 1 aromatic rings. The number of hydrogen-bond donors (Lipinski definition) is 1. The van der Waals surface area contributed by atoms with Crippen molar-refractivity contribution in [2.45, 2.75) is 25.8 Å². The van der Waals surface area contributed by atoms with Gasteiger partial charge >= 0.3 is 0 Å². The molecular formula is C13H22N4S. The van der Waals surface area contributed by atoms with Crippen LogP contribution in [0, 0.1) is 5.92 Å². The Kier molecular flexibility index (Phi) is 3.54. The Balaban J connectivity index is 1.54. The molecule has 4 nitrogen and oxygen atoms in total. The molecule has 1 saturated carbocycles. The predicted molar refractivity (Wildman–Crippen MR) is 76.1 cm³/mol. The van der Waals surface area contributed by atoms with Crippen LogP contribution in [0.25, 0.3) is 0 Å². The lowest BCUT2D eigenvalue weighted by molar-refractivity contribution is 0.248. The second-order valence-corrected chi connectivity index (χ2v) is 6.41. The monoisotopic (exact) mass is 266 g/mol. The molecule has 0 amide bonds. The molecule has 18 heavy (non-hydrogen) atoms. The summed E-state index contributed by atoms with van der Waals surface area (Å²) >= 11 is 1.73. The van der Waals surface area contributed by atoms with E-state index in [0.29, 0.717) is 0 Å². The highest BCUT2D eigenvalue weighted by molar-refractivity contribution is 7.13. The van der Waals surface area contributed by atoms with Crippen molar-refractivity contribution >= 4 is 16.5 Å². The van der Waals surface area contributed by atoms with Gasteiger partial charge in [-0.2, -0.15) is 0 Å². The molecule has 1 aliphatic heterocycles. The van der Waals surface area contributed by atoms with Crippen molar-refractivity contribution < 1.29 is 0 Å². The van der Waals surface area contributed by atoms with E-state index in [4.69, 9.17) is 5.73 Å². The van der Waals surface area contributed by atoms with Gasteiger partial charge in [0, 0.05) is 44.1 Å². The van der Waals surface area contributed by atoms with Gasteiger partial charge in [-0.15, -0.1) is 11.3 Å². The average Bonchev–Trinajstić information content (AvgIpc) is 3.04. The number of nitrogens with zero attached hydrogens (tertiary/aromatic N) is 3.